The molecule has 0 aliphatic rings. The van der Waals surface area contributed by atoms with Crippen molar-refractivity contribution in [2.75, 3.05) is 0 Å². The lowest BCUT2D eigenvalue weighted by molar-refractivity contribution is 0.100. The van der Waals surface area contributed by atoms with Gasteiger partial charge in [-0.2, -0.15) is 5.26 Å². The summed E-state index contributed by atoms with van der Waals surface area (Å²) in [4.78, 5) is 0. The SMILES string of the molecule is C=CC(O)(C#N)C(C)C. The third-order valence-corrected chi connectivity index (χ3v) is 1.37. The molecule has 50 valence electrons. The number of nitriles is 1. The summed E-state index contributed by atoms with van der Waals surface area (Å²) in [7, 11) is 0. The van der Waals surface area contributed by atoms with Gasteiger partial charge in [-0.1, -0.05) is 20.4 Å². The molecule has 0 radical (unpaired) electrons. The van der Waals surface area contributed by atoms with E-state index in [1.165, 1.54) is 6.08 Å². The minimum atomic E-state index is -1.35. The molecule has 0 aromatic rings. The molecular formula is C7H11NO. The molecule has 0 aromatic carbocycles. The number of hydrogen-bond donors (Lipinski definition) is 1. The predicted molar refractivity (Wildman–Crippen MR) is 35.6 cm³/mol. The van der Waals surface area contributed by atoms with Crippen LogP contribution in [0.5, 0.6) is 0 Å². The van der Waals surface area contributed by atoms with Crippen LogP contribution in [0.1, 0.15) is 13.8 Å². The standard InChI is InChI=1S/C7H11NO/c1-4-7(9,5-8)6(2)3/h4,6,9H,1H2,2-3H3. The second kappa shape index (κ2) is 2.65. The highest BCUT2D eigenvalue weighted by Crippen LogP contribution is 2.15. The van der Waals surface area contributed by atoms with Crippen molar-refractivity contribution in [2.45, 2.75) is 19.4 Å². The lowest BCUT2D eigenvalue weighted by Crippen LogP contribution is -2.29. The molecule has 0 fully saturated rings. The van der Waals surface area contributed by atoms with Gasteiger partial charge in [0.15, 0.2) is 5.60 Å². The van der Waals surface area contributed by atoms with E-state index in [9.17, 15) is 5.11 Å². The quantitative estimate of drug-likeness (QED) is 0.443. The largest absolute Gasteiger partial charge is 0.372 e. The van der Waals surface area contributed by atoms with Crippen LogP contribution in [0.15, 0.2) is 12.7 Å². The molecule has 1 unspecified atom stereocenters. The van der Waals surface area contributed by atoms with Crippen LogP contribution < -0.4 is 0 Å². The Morgan fingerprint density at radius 2 is 2.22 bits per heavy atom. The summed E-state index contributed by atoms with van der Waals surface area (Å²) in [6.45, 7) is 6.89. The van der Waals surface area contributed by atoms with Gasteiger partial charge in [-0.3, -0.25) is 0 Å². The topological polar surface area (TPSA) is 44.0 Å². The molecule has 0 saturated heterocycles. The van der Waals surface area contributed by atoms with E-state index in [-0.39, 0.29) is 5.92 Å². The van der Waals surface area contributed by atoms with E-state index in [2.05, 4.69) is 6.58 Å². The first-order valence-electron chi connectivity index (χ1n) is 2.84. The molecule has 2 nitrogen and oxygen atoms in total. The summed E-state index contributed by atoms with van der Waals surface area (Å²) in [5.74, 6) is -0.0972. The molecular weight excluding hydrogens is 114 g/mol. The van der Waals surface area contributed by atoms with Crippen LogP contribution in [0.2, 0.25) is 0 Å². The average Bonchev–Trinajstić information content (AvgIpc) is 1.86. The van der Waals surface area contributed by atoms with Gasteiger partial charge in [-0.15, -0.1) is 0 Å². The van der Waals surface area contributed by atoms with Gasteiger partial charge >= 0.3 is 0 Å². The zero-order valence-corrected chi connectivity index (χ0v) is 5.76. The molecule has 9 heavy (non-hydrogen) atoms. The van der Waals surface area contributed by atoms with Crippen molar-refractivity contribution in [2.24, 2.45) is 5.92 Å². The highest BCUT2D eigenvalue weighted by molar-refractivity contribution is 5.13. The molecule has 0 rings (SSSR count). The monoisotopic (exact) mass is 125 g/mol. The molecule has 0 aliphatic heterocycles. The molecule has 0 bridgehead atoms. The van der Waals surface area contributed by atoms with Crippen molar-refractivity contribution in [3.8, 4) is 6.07 Å². The van der Waals surface area contributed by atoms with Crippen LogP contribution in [-0.2, 0) is 0 Å². The Morgan fingerprint density at radius 3 is 2.22 bits per heavy atom. The smallest absolute Gasteiger partial charge is 0.171 e. The fraction of sp³-hybridized carbons (Fsp3) is 0.571. The van der Waals surface area contributed by atoms with Gasteiger partial charge in [0, 0.05) is 0 Å². The molecule has 1 N–H and O–H groups in total. The Balaban J connectivity index is 4.32. The van der Waals surface area contributed by atoms with Crippen molar-refractivity contribution in [3.05, 3.63) is 12.7 Å². The molecule has 0 spiro atoms. The van der Waals surface area contributed by atoms with Gasteiger partial charge in [0.2, 0.25) is 0 Å². The van der Waals surface area contributed by atoms with Gasteiger partial charge in [0.25, 0.3) is 0 Å². The van der Waals surface area contributed by atoms with Gasteiger partial charge in [-0.05, 0) is 12.0 Å². The Labute approximate surface area is 55.4 Å². The Bertz CT molecular complexity index is 145. The molecule has 2 heteroatoms. The molecule has 1 atom stereocenters. The van der Waals surface area contributed by atoms with E-state index in [1.807, 2.05) is 0 Å². The molecule has 0 aromatic heterocycles. The second-order valence-corrected chi connectivity index (χ2v) is 2.30. The number of nitrogens with zero attached hydrogens (tertiary/aromatic N) is 1. The zero-order chi connectivity index (χ0) is 7.49. The van der Waals surface area contributed by atoms with Gasteiger partial charge in [0.05, 0.1) is 0 Å². The summed E-state index contributed by atoms with van der Waals surface area (Å²) in [6.07, 6.45) is 1.26. The van der Waals surface area contributed by atoms with Crippen LogP contribution in [-0.4, -0.2) is 10.7 Å². The summed E-state index contributed by atoms with van der Waals surface area (Å²) >= 11 is 0. The fourth-order valence-electron chi connectivity index (χ4n) is 0.410. The van der Waals surface area contributed by atoms with E-state index in [1.54, 1.807) is 19.9 Å². The van der Waals surface area contributed by atoms with Crippen LogP contribution in [0, 0.1) is 17.2 Å². The van der Waals surface area contributed by atoms with Crippen LogP contribution in [0.25, 0.3) is 0 Å². The number of hydrogen-bond acceptors (Lipinski definition) is 2. The molecule has 0 amide bonds. The maximum Gasteiger partial charge on any atom is 0.171 e. The van der Waals surface area contributed by atoms with Crippen molar-refractivity contribution < 1.29 is 5.11 Å². The molecule has 0 heterocycles. The normalized spacial score (nSPS) is 16.3. The molecule has 0 aliphatic carbocycles. The summed E-state index contributed by atoms with van der Waals surface area (Å²) < 4.78 is 0. The van der Waals surface area contributed by atoms with Crippen molar-refractivity contribution in [3.63, 3.8) is 0 Å². The van der Waals surface area contributed by atoms with E-state index in [0.29, 0.717) is 0 Å². The van der Waals surface area contributed by atoms with Crippen LogP contribution in [0.4, 0.5) is 0 Å². The fourth-order valence-corrected chi connectivity index (χ4v) is 0.410. The highest BCUT2D eigenvalue weighted by Gasteiger charge is 2.25. The second-order valence-electron chi connectivity index (χ2n) is 2.30. The summed E-state index contributed by atoms with van der Waals surface area (Å²) in [5.41, 5.74) is -1.35. The third kappa shape index (κ3) is 1.55. The zero-order valence-electron chi connectivity index (χ0n) is 5.76. The number of rotatable bonds is 2. The molecule has 0 saturated carbocycles. The van der Waals surface area contributed by atoms with E-state index < -0.39 is 5.60 Å². The minimum Gasteiger partial charge on any atom is -0.372 e. The maximum atomic E-state index is 9.23. The Kier molecular flexibility index (Phi) is 2.41. The van der Waals surface area contributed by atoms with Crippen LogP contribution in [0.3, 0.4) is 0 Å². The third-order valence-electron chi connectivity index (χ3n) is 1.37. The van der Waals surface area contributed by atoms with E-state index >= 15 is 0 Å². The Morgan fingerprint density at radius 1 is 1.78 bits per heavy atom. The minimum absolute atomic E-state index is 0.0972. The summed E-state index contributed by atoms with van der Waals surface area (Å²) in [5, 5.41) is 17.6. The first-order valence-corrected chi connectivity index (χ1v) is 2.84. The van der Waals surface area contributed by atoms with E-state index in [0.717, 1.165) is 0 Å². The first kappa shape index (κ1) is 8.19. The first-order chi connectivity index (χ1) is 4.06. The summed E-state index contributed by atoms with van der Waals surface area (Å²) in [6, 6.07) is 1.77. The van der Waals surface area contributed by atoms with Gasteiger partial charge < -0.3 is 5.11 Å². The van der Waals surface area contributed by atoms with Gasteiger partial charge in [-0.25, -0.2) is 0 Å². The average molecular weight is 125 g/mol. The number of aliphatic hydroxyl groups is 1. The van der Waals surface area contributed by atoms with Crippen molar-refractivity contribution >= 4 is 0 Å². The van der Waals surface area contributed by atoms with E-state index in [4.69, 9.17) is 5.26 Å². The van der Waals surface area contributed by atoms with Crippen molar-refractivity contribution in [1.29, 1.82) is 5.26 Å². The lowest BCUT2D eigenvalue weighted by atomic mass is 9.92. The Hall–Kier alpha value is -0.810. The van der Waals surface area contributed by atoms with Crippen LogP contribution >= 0.6 is 0 Å². The van der Waals surface area contributed by atoms with Crippen molar-refractivity contribution in [1.82, 2.24) is 0 Å². The van der Waals surface area contributed by atoms with Gasteiger partial charge in [0.1, 0.15) is 6.07 Å². The lowest BCUT2D eigenvalue weighted by Gasteiger charge is -2.18. The highest BCUT2D eigenvalue weighted by atomic mass is 16.3. The maximum absolute atomic E-state index is 9.23. The predicted octanol–water partition coefficient (Wildman–Crippen LogP) is 1.08.